The van der Waals surface area contributed by atoms with Gasteiger partial charge in [0.1, 0.15) is 5.69 Å². The minimum absolute atomic E-state index is 0.277. The van der Waals surface area contributed by atoms with Gasteiger partial charge in [-0.25, -0.2) is 4.98 Å². The molecule has 0 saturated carbocycles. The average Bonchev–Trinajstić information content (AvgIpc) is 3.17. The molecule has 0 spiro atoms. The van der Waals surface area contributed by atoms with Crippen molar-refractivity contribution in [3.05, 3.63) is 52.5 Å². The summed E-state index contributed by atoms with van der Waals surface area (Å²) >= 11 is 1.40. The van der Waals surface area contributed by atoms with Gasteiger partial charge in [-0.1, -0.05) is 29.8 Å². The molecule has 26 heavy (non-hydrogen) atoms. The van der Waals surface area contributed by atoms with Gasteiger partial charge in [0.15, 0.2) is 5.13 Å². The number of morpholine rings is 1. The molecule has 2 amide bonds. The van der Waals surface area contributed by atoms with Gasteiger partial charge in [-0.05, 0) is 18.6 Å². The summed E-state index contributed by atoms with van der Waals surface area (Å²) in [5.41, 5.74) is 7.07. The molecule has 0 radical (unpaired) electrons. The first-order valence-corrected chi connectivity index (χ1v) is 9.13. The van der Waals surface area contributed by atoms with E-state index in [-0.39, 0.29) is 5.69 Å². The van der Waals surface area contributed by atoms with Gasteiger partial charge in [0, 0.05) is 24.5 Å². The number of nitrogens with zero attached hydrogens (tertiary/aromatic N) is 2. The molecule has 3 rings (SSSR count). The fourth-order valence-corrected chi connectivity index (χ4v) is 3.20. The molecule has 0 aliphatic carbocycles. The number of anilines is 1. The van der Waals surface area contributed by atoms with Crippen LogP contribution >= 0.6 is 11.3 Å². The summed E-state index contributed by atoms with van der Waals surface area (Å²) in [5.74, 6) is -0.861. The largest absolute Gasteiger partial charge is 0.378 e. The van der Waals surface area contributed by atoms with Crippen LogP contribution in [0.25, 0.3) is 6.08 Å². The summed E-state index contributed by atoms with van der Waals surface area (Å²) in [5, 5.41) is 2.46. The first kappa shape index (κ1) is 18.1. The minimum Gasteiger partial charge on any atom is -0.378 e. The molecule has 136 valence electrons. The number of hydrogen-bond donors (Lipinski definition) is 2. The van der Waals surface area contributed by atoms with Crippen molar-refractivity contribution in [1.29, 1.82) is 0 Å². The zero-order valence-corrected chi connectivity index (χ0v) is 15.2. The molecule has 0 unspecified atom stereocenters. The van der Waals surface area contributed by atoms with Crippen molar-refractivity contribution in [3.8, 4) is 0 Å². The highest BCUT2D eigenvalue weighted by atomic mass is 32.1. The van der Waals surface area contributed by atoms with E-state index in [4.69, 9.17) is 4.74 Å². The molecule has 1 aromatic heterocycles. The molecular weight excluding hydrogens is 352 g/mol. The van der Waals surface area contributed by atoms with Gasteiger partial charge in [-0.2, -0.15) is 0 Å². The first-order chi connectivity index (χ1) is 12.6. The van der Waals surface area contributed by atoms with Crippen molar-refractivity contribution >= 4 is 34.4 Å². The SMILES string of the molecule is Cc1ccc(/C=C/C(=O)NNC(=O)c2csc(N3CCOCC3)n2)cc1. The summed E-state index contributed by atoms with van der Waals surface area (Å²) in [6, 6.07) is 7.77. The van der Waals surface area contributed by atoms with E-state index in [1.807, 2.05) is 31.2 Å². The number of thiazole rings is 1. The second-order valence-electron chi connectivity index (χ2n) is 5.80. The van der Waals surface area contributed by atoms with E-state index in [1.165, 1.54) is 17.4 Å². The van der Waals surface area contributed by atoms with Crippen LogP contribution in [0.3, 0.4) is 0 Å². The van der Waals surface area contributed by atoms with Gasteiger partial charge in [0.05, 0.1) is 13.2 Å². The summed E-state index contributed by atoms with van der Waals surface area (Å²) in [6.07, 6.45) is 3.05. The predicted molar refractivity (Wildman–Crippen MR) is 101 cm³/mol. The predicted octanol–water partition coefficient (Wildman–Crippen LogP) is 1.76. The standard InChI is InChI=1S/C18H20N4O3S/c1-13-2-4-14(5-3-13)6-7-16(23)20-21-17(24)15-12-26-18(19-15)22-8-10-25-11-9-22/h2-7,12H,8-11H2,1H3,(H,20,23)(H,21,24)/b7-6+. The van der Waals surface area contributed by atoms with Crippen LogP contribution in [0.4, 0.5) is 5.13 Å². The van der Waals surface area contributed by atoms with E-state index < -0.39 is 11.8 Å². The number of carbonyl (C=O) groups is 2. The van der Waals surface area contributed by atoms with Crippen LogP contribution < -0.4 is 15.8 Å². The molecule has 0 bridgehead atoms. The molecule has 0 atom stereocenters. The lowest BCUT2D eigenvalue weighted by atomic mass is 10.1. The quantitative estimate of drug-likeness (QED) is 0.631. The minimum atomic E-state index is -0.446. The van der Waals surface area contributed by atoms with Gasteiger partial charge in [-0.3, -0.25) is 20.4 Å². The molecule has 1 aliphatic heterocycles. The van der Waals surface area contributed by atoms with Crippen molar-refractivity contribution in [2.75, 3.05) is 31.2 Å². The third-order valence-corrected chi connectivity index (χ3v) is 4.71. The summed E-state index contributed by atoms with van der Waals surface area (Å²) in [7, 11) is 0. The first-order valence-electron chi connectivity index (χ1n) is 8.25. The average molecular weight is 372 g/mol. The zero-order valence-electron chi connectivity index (χ0n) is 14.4. The van der Waals surface area contributed by atoms with Gasteiger partial charge in [0.2, 0.25) is 0 Å². The van der Waals surface area contributed by atoms with Crippen molar-refractivity contribution in [2.24, 2.45) is 0 Å². The van der Waals surface area contributed by atoms with Crippen LogP contribution in [0.5, 0.6) is 0 Å². The maximum Gasteiger partial charge on any atom is 0.289 e. The van der Waals surface area contributed by atoms with E-state index in [2.05, 4.69) is 20.7 Å². The zero-order chi connectivity index (χ0) is 18.4. The number of amides is 2. The number of nitrogens with one attached hydrogen (secondary N) is 2. The van der Waals surface area contributed by atoms with Crippen LogP contribution in [-0.2, 0) is 9.53 Å². The van der Waals surface area contributed by atoms with E-state index in [0.29, 0.717) is 13.2 Å². The number of rotatable bonds is 4. The number of hydrogen-bond acceptors (Lipinski definition) is 6. The Bertz CT molecular complexity index is 795. The summed E-state index contributed by atoms with van der Waals surface area (Å²) in [6.45, 7) is 4.83. The fraction of sp³-hybridized carbons (Fsp3) is 0.278. The van der Waals surface area contributed by atoms with Crippen molar-refractivity contribution in [1.82, 2.24) is 15.8 Å². The van der Waals surface area contributed by atoms with Crippen LogP contribution in [0.1, 0.15) is 21.6 Å². The Hall–Kier alpha value is -2.71. The fourth-order valence-electron chi connectivity index (χ4n) is 2.34. The summed E-state index contributed by atoms with van der Waals surface area (Å²) < 4.78 is 5.30. The van der Waals surface area contributed by atoms with Crippen molar-refractivity contribution in [3.63, 3.8) is 0 Å². The van der Waals surface area contributed by atoms with Crippen molar-refractivity contribution < 1.29 is 14.3 Å². The molecule has 8 heteroatoms. The second-order valence-corrected chi connectivity index (χ2v) is 6.64. The Balaban J connectivity index is 1.49. The van der Waals surface area contributed by atoms with Gasteiger partial charge >= 0.3 is 0 Å². The third kappa shape index (κ3) is 4.90. The highest BCUT2D eigenvalue weighted by molar-refractivity contribution is 7.13. The van der Waals surface area contributed by atoms with Crippen LogP contribution in [-0.4, -0.2) is 43.1 Å². The number of hydrazine groups is 1. The Labute approximate surface area is 155 Å². The van der Waals surface area contributed by atoms with Gasteiger partial charge in [0.25, 0.3) is 11.8 Å². The lowest BCUT2D eigenvalue weighted by Gasteiger charge is -2.25. The maximum atomic E-state index is 12.1. The molecule has 1 fully saturated rings. The van der Waals surface area contributed by atoms with E-state index in [1.54, 1.807) is 11.5 Å². The smallest absolute Gasteiger partial charge is 0.289 e. The third-order valence-electron chi connectivity index (χ3n) is 3.81. The van der Waals surface area contributed by atoms with Crippen LogP contribution in [0.2, 0.25) is 0 Å². The highest BCUT2D eigenvalue weighted by Crippen LogP contribution is 2.21. The molecule has 2 heterocycles. The van der Waals surface area contributed by atoms with E-state index in [0.717, 1.165) is 29.3 Å². The van der Waals surface area contributed by atoms with Crippen LogP contribution in [0, 0.1) is 6.92 Å². The monoisotopic (exact) mass is 372 g/mol. The van der Waals surface area contributed by atoms with Gasteiger partial charge < -0.3 is 9.64 Å². The second kappa shape index (κ2) is 8.59. The number of ether oxygens (including phenoxy) is 1. The lowest BCUT2D eigenvalue weighted by Crippen LogP contribution is -2.41. The number of carbonyl (C=O) groups excluding carboxylic acids is 2. The molecule has 2 N–H and O–H groups in total. The highest BCUT2D eigenvalue weighted by Gasteiger charge is 2.17. The number of aryl methyl sites for hydroxylation is 1. The summed E-state index contributed by atoms with van der Waals surface area (Å²) in [4.78, 5) is 30.3. The Morgan fingerprint density at radius 3 is 2.65 bits per heavy atom. The Morgan fingerprint density at radius 1 is 1.19 bits per heavy atom. The molecule has 7 nitrogen and oxygen atoms in total. The Morgan fingerprint density at radius 2 is 1.92 bits per heavy atom. The van der Waals surface area contributed by atoms with Crippen LogP contribution in [0.15, 0.2) is 35.7 Å². The van der Waals surface area contributed by atoms with E-state index >= 15 is 0 Å². The lowest BCUT2D eigenvalue weighted by molar-refractivity contribution is -0.117. The number of benzene rings is 1. The van der Waals surface area contributed by atoms with E-state index in [9.17, 15) is 9.59 Å². The topological polar surface area (TPSA) is 83.6 Å². The normalized spacial score (nSPS) is 14.4. The maximum absolute atomic E-state index is 12.1. The molecule has 1 saturated heterocycles. The number of aromatic nitrogens is 1. The Kier molecular flexibility index (Phi) is 5.98. The molecule has 1 aliphatic rings. The van der Waals surface area contributed by atoms with Crippen molar-refractivity contribution in [2.45, 2.75) is 6.92 Å². The molecular formula is C18H20N4O3S. The van der Waals surface area contributed by atoms with Gasteiger partial charge in [-0.15, -0.1) is 11.3 Å². The molecule has 1 aromatic carbocycles. The molecule has 2 aromatic rings.